The van der Waals surface area contributed by atoms with Crippen LogP contribution in [-0.4, -0.2) is 33.9 Å². The zero-order valence-electron chi connectivity index (χ0n) is 11.8. The normalized spacial score (nSPS) is 11.8. The van der Waals surface area contributed by atoms with Crippen molar-refractivity contribution in [2.75, 3.05) is 24.7 Å². The molecular weight excluding hydrogens is 262 g/mol. The Kier molecular flexibility index (Phi) is 6.31. The average molecular weight is 285 g/mol. The molecule has 1 aromatic carbocycles. The van der Waals surface area contributed by atoms with Gasteiger partial charge in [-0.05, 0) is 38.8 Å². The van der Waals surface area contributed by atoms with Gasteiger partial charge >= 0.3 is 0 Å². The maximum Gasteiger partial charge on any atom is 0.177 e. The standard InChI is InChI=1S/C14H23NO3S/c1-12(2)18-11-7-6-10-15-13-8-4-5-9-14(13)19(3,16)17/h4-5,8-9,12,15H,6-7,10-11H2,1-3H3. The Bertz CT molecular complexity index is 483. The number of para-hydroxylation sites is 1. The molecule has 4 nitrogen and oxygen atoms in total. The van der Waals surface area contributed by atoms with E-state index in [-0.39, 0.29) is 6.10 Å². The van der Waals surface area contributed by atoms with Gasteiger partial charge in [-0.3, -0.25) is 0 Å². The summed E-state index contributed by atoms with van der Waals surface area (Å²) in [6, 6.07) is 6.98. The molecule has 0 heterocycles. The van der Waals surface area contributed by atoms with E-state index >= 15 is 0 Å². The van der Waals surface area contributed by atoms with Gasteiger partial charge in [0.15, 0.2) is 9.84 Å². The van der Waals surface area contributed by atoms with Gasteiger partial charge in [0.1, 0.15) is 0 Å². The summed E-state index contributed by atoms with van der Waals surface area (Å²) in [6.45, 7) is 5.52. The molecule has 0 aliphatic heterocycles. The monoisotopic (exact) mass is 285 g/mol. The van der Waals surface area contributed by atoms with Crippen LogP contribution in [-0.2, 0) is 14.6 Å². The number of rotatable bonds is 8. The first-order chi connectivity index (χ1) is 8.91. The average Bonchev–Trinajstić information content (AvgIpc) is 2.32. The first-order valence-corrected chi connectivity index (χ1v) is 8.45. The molecule has 1 rings (SSSR count). The van der Waals surface area contributed by atoms with Crippen molar-refractivity contribution in [3.05, 3.63) is 24.3 Å². The highest BCUT2D eigenvalue weighted by Crippen LogP contribution is 2.20. The Hall–Kier alpha value is -1.07. The molecule has 0 aromatic heterocycles. The first-order valence-electron chi connectivity index (χ1n) is 6.56. The van der Waals surface area contributed by atoms with E-state index < -0.39 is 9.84 Å². The van der Waals surface area contributed by atoms with Gasteiger partial charge in [0.2, 0.25) is 0 Å². The lowest BCUT2D eigenvalue weighted by molar-refractivity contribution is 0.0765. The molecule has 0 fully saturated rings. The third-order valence-corrected chi connectivity index (χ3v) is 3.78. The summed E-state index contributed by atoms with van der Waals surface area (Å²) in [4.78, 5) is 0.355. The molecule has 0 bridgehead atoms. The van der Waals surface area contributed by atoms with Crippen molar-refractivity contribution in [2.45, 2.75) is 37.7 Å². The molecule has 0 saturated heterocycles. The molecular formula is C14H23NO3S. The van der Waals surface area contributed by atoms with E-state index in [1.165, 1.54) is 6.26 Å². The highest BCUT2D eigenvalue weighted by atomic mass is 32.2. The van der Waals surface area contributed by atoms with Gasteiger partial charge < -0.3 is 10.1 Å². The summed E-state index contributed by atoms with van der Waals surface area (Å²) in [6.07, 6.45) is 3.40. The minimum atomic E-state index is -3.18. The summed E-state index contributed by atoms with van der Waals surface area (Å²) >= 11 is 0. The Morgan fingerprint density at radius 1 is 1.21 bits per heavy atom. The van der Waals surface area contributed by atoms with Crippen molar-refractivity contribution in [3.8, 4) is 0 Å². The molecule has 1 N–H and O–H groups in total. The van der Waals surface area contributed by atoms with Crippen LogP contribution in [0.25, 0.3) is 0 Å². The van der Waals surface area contributed by atoms with E-state index in [1.807, 2.05) is 19.9 Å². The quantitative estimate of drug-likeness (QED) is 0.746. The zero-order chi connectivity index (χ0) is 14.3. The lowest BCUT2D eigenvalue weighted by atomic mass is 10.3. The van der Waals surface area contributed by atoms with Gasteiger partial charge in [-0.2, -0.15) is 0 Å². The number of anilines is 1. The summed E-state index contributed by atoms with van der Waals surface area (Å²) in [5, 5.41) is 3.17. The Morgan fingerprint density at radius 2 is 1.89 bits per heavy atom. The molecule has 108 valence electrons. The van der Waals surface area contributed by atoms with Crippen LogP contribution in [0.1, 0.15) is 26.7 Å². The molecule has 19 heavy (non-hydrogen) atoms. The van der Waals surface area contributed by atoms with Crippen LogP contribution < -0.4 is 5.32 Å². The van der Waals surface area contributed by atoms with Crippen LogP contribution in [0.4, 0.5) is 5.69 Å². The number of unbranched alkanes of at least 4 members (excludes halogenated alkanes) is 1. The van der Waals surface area contributed by atoms with E-state index in [2.05, 4.69) is 5.32 Å². The van der Waals surface area contributed by atoms with Crippen LogP contribution in [0.3, 0.4) is 0 Å². The first kappa shape index (κ1) is 16.0. The van der Waals surface area contributed by atoms with Crippen LogP contribution in [0, 0.1) is 0 Å². The molecule has 0 spiro atoms. The van der Waals surface area contributed by atoms with E-state index in [0.29, 0.717) is 10.6 Å². The van der Waals surface area contributed by atoms with E-state index in [1.54, 1.807) is 18.2 Å². The molecule has 0 atom stereocenters. The fourth-order valence-electron chi connectivity index (χ4n) is 1.71. The summed E-state index contributed by atoms with van der Waals surface area (Å²) < 4.78 is 28.7. The predicted octanol–water partition coefficient (Wildman–Crippen LogP) is 2.71. The highest BCUT2D eigenvalue weighted by Gasteiger charge is 2.11. The highest BCUT2D eigenvalue weighted by molar-refractivity contribution is 7.90. The number of benzene rings is 1. The smallest absolute Gasteiger partial charge is 0.177 e. The minimum Gasteiger partial charge on any atom is -0.384 e. The number of hydrogen-bond acceptors (Lipinski definition) is 4. The molecule has 5 heteroatoms. The molecule has 0 radical (unpaired) electrons. The lowest BCUT2D eigenvalue weighted by Crippen LogP contribution is -2.09. The van der Waals surface area contributed by atoms with Gasteiger partial charge in [0, 0.05) is 19.4 Å². The lowest BCUT2D eigenvalue weighted by Gasteiger charge is -2.11. The SMILES string of the molecule is CC(C)OCCCCNc1ccccc1S(C)(=O)=O. The largest absolute Gasteiger partial charge is 0.384 e. The van der Waals surface area contributed by atoms with Crippen LogP contribution in [0.2, 0.25) is 0 Å². The van der Waals surface area contributed by atoms with Gasteiger partial charge in [-0.15, -0.1) is 0 Å². The molecule has 0 aliphatic carbocycles. The number of ether oxygens (including phenoxy) is 1. The second-order valence-electron chi connectivity index (χ2n) is 4.82. The number of nitrogens with one attached hydrogen (secondary N) is 1. The molecule has 0 amide bonds. The number of hydrogen-bond donors (Lipinski definition) is 1. The van der Waals surface area contributed by atoms with Gasteiger partial charge in [-0.25, -0.2) is 8.42 Å². The summed E-state index contributed by atoms with van der Waals surface area (Å²) in [5.41, 5.74) is 0.676. The third kappa shape index (κ3) is 6.07. The van der Waals surface area contributed by atoms with Crippen molar-refractivity contribution in [3.63, 3.8) is 0 Å². The Balaban J connectivity index is 2.42. The third-order valence-electron chi connectivity index (χ3n) is 2.62. The topological polar surface area (TPSA) is 55.4 Å². The molecule has 0 aliphatic rings. The van der Waals surface area contributed by atoms with Crippen molar-refractivity contribution >= 4 is 15.5 Å². The number of sulfone groups is 1. The van der Waals surface area contributed by atoms with Gasteiger partial charge in [0.25, 0.3) is 0 Å². The minimum absolute atomic E-state index is 0.263. The maximum absolute atomic E-state index is 11.6. The fourth-order valence-corrected chi connectivity index (χ4v) is 2.57. The zero-order valence-corrected chi connectivity index (χ0v) is 12.7. The molecule has 0 saturated carbocycles. The second kappa shape index (κ2) is 7.50. The van der Waals surface area contributed by atoms with E-state index in [0.717, 1.165) is 26.0 Å². The van der Waals surface area contributed by atoms with E-state index in [4.69, 9.17) is 4.74 Å². The van der Waals surface area contributed by atoms with Gasteiger partial charge in [-0.1, -0.05) is 12.1 Å². The van der Waals surface area contributed by atoms with Crippen LogP contribution in [0.5, 0.6) is 0 Å². The predicted molar refractivity (Wildman–Crippen MR) is 78.4 cm³/mol. The summed E-state index contributed by atoms with van der Waals surface area (Å²) in [5.74, 6) is 0. The van der Waals surface area contributed by atoms with Crippen molar-refractivity contribution in [2.24, 2.45) is 0 Å². The second-order valence-corrected chi connectivity index (χ2v) is 6.81. The molecule has 0 unspecified atom stereocenters. The van der Waals surface area contributed by atoms with Crippen molar-refractivity contribution in [1.29, 1.82) is 0 Å². The molecule has 1 aromatic rings. The maximum atomic E-state index is 11.6. The van der Waals surface area contributed by atoms with E-state index in [9.17, 15) is 8.42 Å². The van der Waals surface area contributed by atoms with Gasteiger partial charge in [0.05, 0.1) is 16.7 Å². The van der Waals surface area contributed by atoms with Crippen molar-refractivity contribution in [1.82, 2.24) is 0 Å². The van der Waals surface area contributed by atoms with Crippen molar-refractivity contribution < 1.29 is 13.2 Å². The fraction of sp³-hybridized carbons (Fsp3) is 0.571. The van der Waals surface area contributed by atoms with Crippen LogP contribution >= 0.6 is 0 Å². The Labute approximate surface area is 116 Å². The van der Waals surface area contributed by atoms with Crippen LogP contribution in [0.15, 0.2) is 29.2 Å². The Morgan fingerprint density at radius 3 is 2.53 bits per heavy atom. The summed E-state index contributed by atoms with van der Waals surface area (Å²) in [7, 11) is -3.18.